The lowest BCUT2D eigenvalue weighted by Crippen LogP contribution is -2.40. The second-order valence-electron chi connectivity index (χ2n) is 8.91. The van der Waals surface area contributed by atoms with Gasteiger partial charge in [0.25, 0.3) is 0 Å². The molecule has 3 rings (SSSR count). The smallest absolute Gasteiger partial charge is 0.187 e. The number of rotatable bonds is 7. The summed E-state index contributed by atoms with van der Waals surface area (Å²) in [6.07, 6.45) is 0.315. The van der Waals surface area contributed by atoms with Crippen LogP contribution in [-0.4, -0.2) is 16.2 Å². The molecule has 3 aromatic carbocycles. The summed E-state index contributed by atoms with van der Waals surface area (Å²) in [6.45, 7) is 15.0. The lowest BCUT2D eigenvalue weighted by Gasteiger charge is -2.36. The van der Waals surface area contributed by atoms with Crippen LogP contribution in [0.2, 0.25) is 0 Å². The first kappa shape index (κ1) is 22.9. The van der Waals surface area contributed by atoms with Crippen LogP contribution >= 0.6 is 0 Å². The van der Waals surface area contributed by atoms with E-state index in [2.05, 4.69) is 42.7 Å². The monoisotopic (exact) mass is 421 g/mol. The molecular formula is C28H27N3O. The zero-order valence-electron chi connectivity index (χ0n) is 18.8. The van der Waals surface area contributed by atoms with E-state index < -0.39 is 0 Å². The third-order valence-electron chi connectivity index (χ3n) is 5.46. The van der Waals surface area contributed by atoms with Gasteiger partial charge < -0.3 is 0 Å². The summed E-state index contributed by atoms with van der Waals surface area (Å²) in [5.41, 5.74) is 5.00. The first-order valence-corrected chi connectivity index (χ1v) is 10.6. The van der Waals surface area contributed by atoms with Crippen LogP contribution in [0, 0.1) is 17.9 Å². The second-order valence-corrected chi connectivity index (χ2v) is 8.91. The molecule has 0 aliphatic rings. The van der Waals surface area contributed by atoms with Crippen molar-refractivity contribution in [3.63, 3.8) is 0 Å². The van der Waals surface area contributed by atoms with E-state index in [0.717, 1.165) is 23.2 Å². The molecule has 0 radical (unpaired) electrons. The molecule has 0 amide bonds. The molecule has 0 fully saturated rings. The van der Waals surface area contributed by atoms with Gasteiger partial charge in [-0.25, -0.2) is 4.85 Å². The number of Topliss-reactive ketones (excluding diaryl/α,β-unsaturated/α-hetero) is 1. The van der Waals surface area contributed by atoms with Crippen molar-refractivity contribution >= 4 is 11.5 Å². The zero-order valence-corrected chi connectivity index (χ0v) is 18.8. The van der Waals surface area contributed by atoms with Gasteiger partial charge in [0.15, 0.2) is 11.5 Å². The van der Waals surface area contributed by atoms with E-state index in [1.165, 1.54) is 0 Å². The Morgan fingerprint density at radius 3 is 2.16 bits per heavy atom. The number of carbonyl (C=O) groups is 1. The van der Waals surface area contributed by atoms with Crippen LogP contribution in [0.25, 0.3) is 4.85 Å². The number of nitrogens with zero attached hydrogens (tertiary/aromatic N) is 3. The summed E-state index contributed by atoms with van der Waals surface area (Å²) in [6, 6.07) is 24.9. The molecule has 0 heterocycles. The maximum Gasteiger partial charge on any atom is 0.187 e. The molecule has 32 heavy (non-hydrogen) atoms. The SMILES string of the molecule is [C-]#[N+]c1ccc(CC(=O)c2cccc(CN(Cc3ccc(C#N)cc3)C(C)(C)C)c2)cc1. The molecule has 0 unspecified atom stereocenters. The summed E-state index contributed by atoms with van der Waals surface area (Å²) in [7, 11) is 0. The molecule has 4 heteroatoms. The van der Waals surface area contributed by atoms with Crippen molar-refractivity contribution in [3.8, 4) is 6.07 Å². The third kappa shape index (κ3) is 6.14. The predicted molar refractivity (Wildman–Crippen MR) is 127 cm³/mol. The molecule has 0 N–H and O–H groups in total. The topological polar surface area (TPSA) is 48.5 Å². The van der Waals surface area contributed by atoms with E-state index in [4.69, 9.17) is 11.8 Å². The fraction of sp³-hybridized carbons (Fsp3) is 0.250. The minimum atomic E-state index is -0.0709. The average Bonchev–Trinajstić information content (AvgIpc) is 2.79. The highest BCUT2D eigenvalue weighted by Crippen LogP contribution is 2.22. The van der Waals surface area contributed by atoms with Crippen LogP contribution in [0.15, 0.2) is 72.8 Å². The van der Waals surface area contributed by atoms with Crippen LogP contribution in [-0.2, 0) is 19.5 Å². The fourth-order valence-corrected chi connectivity index (χ4v) is 3.47. The maximum absolute atomic E-state index is 12.9. The summed E-state index contributed by atoms with van der Waals surface area (Å²) in [4.78, 5) is 18.6. The van der Waals surface area contributed by atoms with Crippen molar-refractivity contribution in [3.05, 3.63) is 112 Å². The van der Waals surface area contributed by atoms with Crippen LogP contribution < -0.4 is 0 Å². The van der Waals surface area contributed by atoms with Crippen LogP contribution in [0.5, 0.6) is 0 Å². The Hall–Kier alpha value is -3.73. The number of ketones is 1. The summed E-state index contributed by atoms with van der Waals surface area (Å²) in [5.74, 6) is 0.0665. The van der Waals surface area contributed by atoms with Crippen molar-refractivity contribution in [2.75, 3.05) is 0 Å². The van der Waals surface area contributed by atoms with Gasteiger partial charge in [0.1, 0.15) is 0 Å². The number of benzene rings is 3. The Balaban J connectivity index is 1.74. The highest BCUT2D eigenvalue weighted by molar-refractivity contribution is 5.97. The molecule has 0 spiro atoms. The third-order valence-corrected chi connectivity index (χ3v) is 5.46. The Morgan fingerprint density at radius 2 is 1.56 bits per heavy atom. The summed E-state index contributed by atoms with van der Waals surface area (Å²) in [5, 5.41) is 9.02. The van der Waals surface area contributed by atoms with Gasteiger partial charge in [-0.05, 0) is 55.7 Å². The van der Waals surface area contributed by atoms with E-state index in [9.17, 15) is 4.79 Å². The van der Waals surface area contributed by atoms with Crippen LogP contribution in [0.3, 0.4) is 0 Å². The zero-order chi connectivity index (χ0) is 23.1. The Kier molecular flexibility index (Phi) is 7.21. The highest BCUT2D eigenvalue weighted by Gasteiger charge is 2.22. The van der Waals surface area contributed by atoms with Gasteiger partial charge in [-0.3, -0.25) is 9.69 Å². The van der Waals surface area contributed by atoms with Gasteiger partial charge in [0.05, 0.1) is 18.2 Å². The Morgan fingerprint density at radius 1 is 0.938 bits per heavy atom. The molecule has 160 valence electrons. The number of nitriles is 1. The summed E-state index contributed by atoms with van der Waals surface area (Å²) < 4.78 is 0. The minimum Gasteiger partial charge on any atom is -0.294 e. The van der Waals surface area contributed by atoms with Crippen molar-refractivity contribution < 1.29 is 4.79 Å². The minimum absolute atomic E-state index is 0.0665. The first-order chi connectivity index (χ1) is 15.3. The number of carbonyl (C=O) groups excluding carboxylic acids is 1. The van der Waals surface area contributed by atoms with E-state index in [1.54, 1.807) is 12.1 Å². The lowest BCUT2D eigenvalue weighted by atomic mass is 9.99. The molecule has 0 atom stereocenters. The lowest BCUT2D eigenvalue weighted by molar-refractivity contribution is 0.0992. The molecule has 0 saturated heterocycles. The summed E-state index contributed by atoms with van der Waals surface area (Å²) >= 11 is 0. The largest absolute Gasteiger partial charge is 0.294 e. The molecule has 3 aromatic rings. The van der Waals surface area contributed by atoms with Gasteiger partial charge in [-0.1, -0.05) is 54.6 Å². The normalized spacial score (nSPS) is 11.1. The van der Waals surface area contributed by atoms with Gasteiger partial charge in [0.2, 0.25) is 0 Å². The maximum atomic E-state index is 12.9. The van der Waals surface area contributed by atoms with Gasteiger partial charge >= 0.3 is 0 Å². The predicted octanol–water partition coefficient (Wildman–Crippen LogP) is 6.34. The van der Waals surface area contributed by atoms with E-state index in [1.807, 2.05) is 54.6 Å². The molecule has 0 bridgehead atoms. The average molecular weight is 422 g/mol. The quantitative estimate of drug-likeness (QED) is 0.331. The molecule has 4 nitrogen and oxygen atoms in total. The first-order valence-electron chi connectivity index (χ1n) is 10.6. The molecule has 0 aliphatic heterocycles. The Bertz CT molecular complexity index is 1160. The van der Waals surface area contributed by atoms with Crippen LogP contribution in [0.4, 0.5) is 5.69 Å². The highest BCUT2D eigenvalue weighted by atomic mass is 16.1. The van der Waals surface area contributed by atoms with Gasteiger partial charge in [-0.2, -0.15) is 5.26 Å². The molecular weight excluding hydrogens is 394 g/mol. The van der Waals surface area contributed by atoms with Crippen LogP contribution in [0.1, 0.15) is 53.4 Å². The van der Waals surface area contributed by atoms with E-state index >= 15 is 0 Å². The standard InChI is InChI=1S/C28H27N3O/c1-28(2,3)31(19-23-10-8-22(18-29)9-11-23)20-24-6-5-7-25(16-24)27(32)17-21-12-14-26(30-4)15-13-21/h5-16H,17,19-20H2,1-3H3. The van der Waals surface area contributed by atoms with Crippen molar-refractivity contribution in [2.45, 2.75) is 45.8 Å². The number of hydrogen-bond acceptors (Lipinski definition) is 3. The fourth-order valence-electron chi connectivity index (χ4n) is 3.47. The van der Waals surface area contributed by atoms with E-state index in [-0.39, 0.29) is 11.3 Å². The molecule has 0 saturated carbocycles. The molecule has 0 aliphatic carbocycles. The van der Waals surface area contributed by atoms with Crippen molar-refractivity contribution in [1.82, 2.24) is 4.90 Å². The second kappa shape index (κ2) is 10.1. The molecule has 0 aromatic heterocycles. The number of hydrogen-bond donors (Lipinski definition) is 0. The van der Waals surface area contributed by atoms with Crippen molar-refractivity contribution in [2.24, 2.45) is 0 Å². The van der Waals surface area contributed by atoms with Gasteiger partial charge in [0, 0.05) is 30.6 Å². The van der Waals surface area contributed by atoms with Crippen molar-refractivity contribution in [1.29, 1.82) is 5.26 Å². The van der Waals surface area contributed by atoms with Gasteiger partial charge in [-0.15, -0.1) is 0 Å². The Labute approximate surface area is 190 Å². The van der Waals surface area contributed by atoms with E-state index in [0.29, 0.717) is 29.8 Å².